The molecule has 0 bridgehead atoms. The largest absolute Gasteiger partial charge is 0.347 e. The van der Waals surface area contributed by atoms with Crippen molar-refractivity contribution in [1.29, 1.82) is 0 Å². The maximum atomic E-state index is 12.4. The quantitative estimate of drug-likeness (QED) is 0.845. The summed E-state index contributed by atoms with van der Waals surface area (Å²) in [4.78, 5) is 16.7. The van der Waals surface area contributed by atoms with Crippen molar-refractivity contribution in [2.45, 2.75) is 24.8 Å². The zero-order chi connectivity index (χ0) is 18.7. The van der Waals surface area contributed by atoms with E-state index < -0.39 is 10.0 Å². The minimum atomic E-state index is -3.59. The normalized spacial score (nSPS) is 17.6. The van der Waals surface area contributed by atoms with Crippen LogP contribution in [-0.2, 0) is 14.8 Å². The van der Waals surface area contributed by atoms with Crippen molar-refractivity contribution in [3.8, 4) is 0 Å². The van der Waals surface area contributed by atoms with Crippen LogP contribution < -0.4 is 10.0 Å². The fourth-order valence-corrected chi connectivity index (χ4v) is 4.17. The first-order valence-electron chi connectivity index (χ1n) is 8.39. The Morgan fingerprint density at radius 1 is 1.08 bits per heavy atom. The number of amidine groups is 1. The van der Waals surface area contributed by atoms with Crippen molar-refractivity contribution in [2.24, 2.45) is 10.9 Å². The van der Waals surface area contributed by atoms with E-state index in [4.69, 9.17) is 0 Å². The number of fused-ring (bicyclic) bond motifs is 1. The van der Waals surface area contributed by atoms with Crippen LogP contribution in [0.5, 0.6) is 0 Å². The number of carbonyl (C=O) groups is 1. The molecule has 6 nitrogen and oxygen atoms in total. The molecule has 0 spiro atoms. The van der Waals surface area contributed by atoms with Crippen molar-refractivity contribution < 1.29 is 13.2 Å². The number of benzene rings is 2. The average molecular weight is 371 g/mol. The second kappa shape index (κ2) is 7.29. The van der Waals surface area contributed by atoms with Crippen molar-refractivity contribution in [1.82, 2.24) is 10.0 Å². The lowest BCUT2D eigenvalue weighted by molar-refractivity contribution is -0.120. The Bertz CT molecular complexity index is 938. The lowest BCUT2D eigenvalue weighted by atomic mass is 9.96. The number of sulfonamides is 1. The van der Waals surface area contributed by atoms with Crippen LogP contribution >= 0.6 is 0 Å². The summed E-state index contributed by atoms with van der Waals surface area (Å²) in [7, 11) is -3.59. The molecule has 2 aromatic rings. The maximum absolute atomic E-state index is 12.4. The van der Waals surface area contributed by atoms with E-state index in [0.717, 1.165) is 5.56 Å². The van der Waals surface area contributed by atoms with E-state index in [2.05, 4.69) is 15.0 Å². The van der Waals surface area contributed by atoms with Gasteiger partial charge in [0.25, 0.3) is 10.0 Å². The predicted octanol–water partition coefficient (Wildman–Crippen LogP) is 2.24. The SMILES string of the molecule is CC(C)[C@@H](NC(=O)CN=C1NS(=O)(=O)c2ccccc21)c1ccccc1. The van der Waals surface area contributed by atoms with Crippen LogP contribution in [0.3, 0.4) is 0 Å². The summed E-state index contributed by atoms with van der Waals surface area (Å²) in [5.74, 6) is 0.153. The molecule has 0 unspecified atom stereocenters. The van der Waals surface area contributed by atoms with Crippen LogP contribution in [0.4, 0.5) is 0 Å². The number of nitrogens with zero attached hydrogens (tertiary/aromatic N) is 1. The number of aliphatic imine (C=N–C) groups is 1. The lowest BCUT2D eigenvalue weighted by Crippen LogP contribution is -2.34. The highest BCUT2D eigenvalue weighted by molar-refractivity contribution is 7.90. The van der Waals surface area contributed by atoms with Gasteiger partial charge in [0, 0.05) is 5.56 Å². The van der Waals surface area contributed by atoms with Crippen LogP contribution in [0.25, 0.3) is 0 Å². The Morgan fingerprint density at radius 2 is 1.73 bits per heavy atom. The molecule has 2 aromatic carbocycles. The van der Waals surface area contributed by atoms with Gasteiger partial charge in [-0.25, -0.2) is 8.42 Å². The number of hydrogen-bond donors (Lipinski definition) is 2. The summed E-state index contributed by atoms with van der Waals surface area (Å²) >= 11 is 0. The van der Waals surface area contributed by atoms with Gasteiger partial charge in [0.1, 0.15) is 12.4 Å². The molecule has 3 rings (SSSR count). The fraction of sp³-hybridized carbons (Fsp3) is 0.263. The molecule has 1 heterocycles. The third kappa shape index (κ3) is 3.77. The molecule has 0 fully saturated rings. The molecule has 1 atom stereocenters. The molecule has 136 valence electrons. The number of amides is 1. The van der Waals surface area contributed by atoms with Gasteiger partial charge >= 0.3 is 0 Å². The topological polar surface area (TPSA) is 87.6 Å². The Labute approximate surface area is 153 Å². The second-order valence-electron chi connectivity index (χ2n) is 6.47. The molecule has 0 saturated carbocycles. The first-order chi connectivity index (χ1) is 12.4. The van der Waals surface area contributed by atoms with Crippen molar-refractivity contribution in [3.63, 3.8) is 0 Å². The van der Waals surface area contributed by atoms with E-state index in [1.54, 1.807) is 18.2 Å². The zero-order valence-electron chi connectivity index (χ0n) is 14.6. The highest BCUT2D eigenvalue weighted by atomic mass is 32.2. The smallest absolute Gasteiger partial charge is 0.263 e. The van der Waals surface area contributed by atoms with Gasteiger partial charge in [0.15, 0.2) is 0 Å². The second-order valence-corrected chi connectivity index (χ2v) is 8.12. The first-order valence-corrected chi connectivity index (χ1v) is 9.88. The summed E-state index contributed by atoms with van der Waals surface area (Å²) in [5.41, 5.74) is 1.51. The standard InChI is InChI=1S/C19H21N3O3S/c1-13(2)18(14-8-4-3-5-9-14)21-17(23)12-20-19-15-10-6-7-11-16(15)26(24,25)22-19/h3-11,13,18H,12H2,1-2H3,(H,20,22)(H,21,23)/t18-/m1/s1. The molecule has 0 aliphatic carbocycles. The van der Waals surface area contributed by atoms with Gasteiger partial charge in [-0.3, -0.25) is 14.5 Å². The van der Waals surface area contributed by atoms with Gasteiger partial charge in [0.05, 0.1) is 10.9 Å². The van der Waals surface area contributed by atoms with Gasteiger partial charge in [-0.05, 0) is 23.6 Å². The summed E-state index contributed by atoms with van der Waals surface area (Å²) < 4.78 is 26.5. The maximum Gasteiger partial charge on any atom is 0.263 e. The Kier molecular flexibility index (Phi) is 5.08. The minimum absolute atomic E-state index is 0.128. The molecule has 1 amide bonds. The molecule has 0 radical (unpaired) electrons. The van der Waals surface area contributed by atoms with Gasteiger partial charge in [0.2, 0.25) is 5.91 Å². The monoisotopic (exact) mass is 371 g/mol. The van der Waals surface area contributed by atoms with Crippen LogP contribution in [0, 0.1) is 5.92 Å². The summed E-state index contributed by atoms with van der Waals surface area (Å²) in [6.45, 7) is 3.92. The molecular formula is C19H21N3O3S. The minimum Gasteiger partial charge on any atom is -0.347 e. The molecule has 2 N–H and O–H groups in total. The van der Waals surface area contributed by atoms with E-state index in [1.165, 1.54) is 6.07 Å². The molecular weight excluding hydrogens is 350 g/mol. The van der Waals surface area contributed by atoms with Crippen LogP contribution in [0.15, 0.2) is 64.5 Å². The zero-order valence-corrected chi connectivity index (χ0v) is 15.5. The van der Waals surface area contributed by atoms with Gasteiger partial charge in [-0.1, -0.05) is 56.3 Å². The highest BCUT2D eigenvalue weighted by Crippen LogP contribution is 2.23. The van der Waals surface area contributed by atoms with Crippen molar-refractivity contribution in [3.05, 3.63) is 65.7 Å². The highest BCUT2D eigenvalue weighted by Gasteiger charge is 2.30. The van der Waals surface area contributed by atoms with Gasteiger partial charge in [-0.2, -0.15) is 0 Å². The predicted molar refractivity (Wildman–Crippen MR) is 100 cm³/mol. The summed E-state index contributed by atoms with van der Waals surface area (Å²) in [5, 5.41) is 2.98. The van der Waals surface area contributed by atoms with Crippen molar-refractivity contribution in [2.75, 3.05) is 6.54 Å². The third-order valence-corrected chi connectivity index (χ3v) is 5.58. The first kappa shape index (κ1) is 18.1. The molecule has 1 aliphatic rings. The van der Waals surface area contributed by atoms with Crippen LogP contribution in [0.2, 0.25) is 0 Å². The van der Waals surface area contributed by atoms with E-state index in [-0.39, 0.29) is 35.1 Å². The Hall–Kier alpha value is -2.67. The molecule has 0 aromatic heterocycles. The van der Waals surface area contributed by atoms with Crippen LogP contribution in [0.1, 0.15) is 31.0 Å². The number of rotatable bonds is 5. The van der Waals surface area contributed by atoms with Gasteiger partial charge in [-0.15, -0.1) is 0 Å². The summed E-state index contributed by atoms with van der Waals surface area (Å²) in [6, 6.07) is 16.2. The van der Waals surface area contributed by atoms with Crippen molar-refractivity contribution >= 4 is 21.8 Å². The van der Waals surface area contributed by atoms with E-state index in [1.807, 2.05) is 44.2 Å². The third-order valence-electron chi connectivity index (χ3n) is 4.19. The average Bonchev–Trinajstić information content (AvgIpc) is 2.89. The number of hydrogen-bond acceptors (Lipinski definition) is 4. The van der Waals surface area contributed by atoms with E-state index in [9.17, 15) is 13.2 Å². The molecule has 26 heavy (non-hydrogen) atoms. The van der Waals surface area contributed by atoms with E-state index >= 15 is 0 Å². The molecule has 1 aliphatic heterocycles. The molecule has 7 heteroatoms. The van der Waals surface area contributed by atoms with E-state index in [0.29, 0.717) is 5.56 Å². The Balaban J connectivity index is 1.74. The summed E-state index contributed by atoms with van der Waals surface area (Å²) in [6.07, 6.45) is 0. The Morgan fingerprint density at radius 3 is 2.42 bits per heavy atom. The molecule has 0 saturated heterocycles. The lowest BCUT2D eigenvalue weighted by Gasteiger charge is -2.22. The van der Waals surface area contributed by atoms with Gasteiger partial charge < -0.3 is 5.32 Å². The number of nitrogens with one attached hydrogen (secondary N) is 2. The fourth-order valence-electron chi connectivity index (χ4n) is 2.92. The number of carbonyl (C=O) groups excluding carboxylic acids is 1. The van der Waals surface area contributed by atoms with Crippen LogP contribution in [-0.4, -0.2) is 26.7 Å².